The van der Waals surface area contributed by atoms with Crippen LogP contribution in [-0.2, 0) is 12.8 Å². The van der Waals surface area contributed by atoms with E-state index >= 15 is 0 Å². The number of nitrogens with zero attached hydrogens (tertiary/aromatic N) is 2. The maximum Gasteiger partial charge on any atom is 0.218 e. The van der Waals surface area contributed by atoms with E-state index in [1.807, 2.05) is 13.8 Å². The second kappa shape index (κ2) is 3.48. The minimum absolute atomic E-state index is 0.0835. The average molecular weight is 155 g/mol. The van der Waals surface area contributed by atoms with E-state index in [0.717, 1.165) is 6.42 Å². The molecule has 1 unspecified atom stereocenters. The van der Waals surface area contributed by atoms with Gasteiger partial charge < -0.3 is 10.2 Å². The molecule has 62 valence electrons. The summed E-state index contributed by atoms with van der Waals surface area (Å²) in [4.78, 5) is 0. The molecular formula is C7H13N3O. The Morgan fingerprint density at radius 1 is 1.45 bits per heavy atom. The summed E-state index contributed by atoms with van der Waals surface area (Å²) in [5.41, 5.74) is 5.55. The zero-order valence-corrected chi connectivity index (χ0v) is 6.87. The van der Waals surface area contributed by atoms with Crippen LogP contribution in [0.15, 0.2) is 4.42 Å². The van der Waals surface area contributed by atoms with E-state index in [1.54, 1.807) is 0 Å². The second-order valence-corrected chi connectivity index (χ2v) is 2.62. The minimum atomic E-state index is 0.0835. The van der Waals surface area contributed by atoms with Crippen molar-refractivity contribution in [2.75, 3.05) is 0 Å². The smallest absolute Gasteiger partial charge is 0.218 e. The molecule has 1 atom stereocenters. The SMILES string of the molecule is CCc1nnc(CC(C)N)o1. The predicted molar refractivity (Wildman–Crippen MR) is 41.0 cm³/mol. The van der Waals surface area contributed by atoms with Gasteiger partial charge in [0.2, 0.25) is 11.8 Å². The van der Waals surface area contributed by atoms with Crippen LogP contribution >= 0.6 is 0 Å². The fraction of sp³-hybridized carbons (Fsp3) is 0.714. The third-order valence-electron chi connectivity index (χ3n) is 1.31. The first kappa shape index (κ1) is 8.20. The second-order valence-electron chi connectivity index (χ2n) is 2.62. The van der Waals surface area contributed by atoms with Crippen LogP contribution in [-0.4, -0.2) is 16.2 Å². The van der Waals surface area contributed by atoms with Gasteiger partial charge in [-0.1, -0.05) is 6.92 Å². The summed E-state index contributed by atoms with van der Waals surface area (Å²) < 4.78 is 5.24. The van der Waals surface area contributed by atoms with Crippen LogP contribution in [0.1, 0.15) is 25.6 Å². The average Bonchev–Trinajstić information content (AvgIpc) is 2.34. The van der Waals surface area contributed by atoms with Crippen LogP contribution in [0.3, 0.4) is 0 Å². The molecule has 1 rings (SSSR count). The predicted octanol–water partition coefficient (Wildman–Crippen LogP) is 0.522. The minimum Gasteiger partial charge on any atom is -0.425 e. The Labute approximate surface area is 65.8 Å². The monoisotopic (exact) mass is 155 g/mol. The number of aromatic nitrogens is 2. The summed E-state index contributed by atoms with van der Waals surface area (Å²) in [5, 5.41) is 7.65. The Balaban J connectivity index is 2.58. The molecule has 4 nitrogen and oxygen atoms in total. The maximum absolute atomic E-state index is 5.55. The van der Waals surface area contributed by atoms with Crippen LogP contribution in [0.4, 0.5) is 0 Å². The van der Waals surface area contributed by atoms with E-state index in [1.165, 1.54) is 0 Å². The summed E-state index contributed by atoms with van der Waals surface area (Å²) in [6.45, 7) is 3.89. The molecule has 2 N–H and O–H groups in total. The van der Waals surface area contributed by atoms with Crippen molar-refractivity contribution in [3.8, 4) is 0 Å². The Hall–Kier alpha value is -0.900. The highest BCUT2D eigenvalue weighted by Gasteiger charge is 2.05. The van der Waals surface area contributed by atoms with E-state index in [9.17, 15) is 0 Å². The summed E-state index contributed by atoms with van der Waals surface area (Å²) in [6, 6.07) is 0.0835. The van der Waals surface area contributed by atoms with E-state index in [2.05, 4.69) is 10.2 Å². The van der Waals surface area contributed by atoms with Gasteiger partial charge in [-0.3, -0.25) is 0 Å². The first-order valence-corrected chi connectivity index (χ1v) is 3.79. The van der Waals surface area contributed by atoms with E-state index < -0.39 is 0 Å². The Morgan fingerprint density at radius 2 is 2.09 bits per heavy atom. The van der Waals surface area contributed by atoms with Crippen molar-refractivity contribution in [2.45, 2.75) is 32.7 Å². The zero-order valence-electron chi connectivity index (χ0n) is 6.87. The molecule has 0 aromatic carbocycles. The van der Waals surface area contributed by atoms with Crippen molar-refractivity contribution in [3.05, 3.63) is 11.8 Å². The fourth-order valence-corrected chi connectivity index (χ4v) is 0.789. The quantitative estimate of drug-likeness (QED) is 0.691. The molecule has 1 heterocycles. The first-order valence-electron chi connectivity index (χ1n) is 3.79. The van der Waals surface area contributed by atoms with Crippen LogP contribution in [0, 0.1) is 0 Å². The molecule has 0 fully saturated rings. The number of nitrogens with two attached hydrogens (primary N) is 1. The van der Waals surface area contributed by atoms with E-state index in [0.29, 0.717) is 18.2 Å². The Kier molecular flexibility index (Phi) is 2.59. The summed E-state index contributed by atoms with van der Waals surface area (Å²) in [5.74, 6) is 1.32. The molecular weight excluding hydrogens is 142 g/mol. The first-order chi connectivity index (χ1) is 5.22. The molecule has 11 heavy (non-hydrogen) atoms. The lowest BCUT2D eigenvalue weighted by Gasteiger charge is -1.97. The van der Waals surface area contributed by atoms with Gasteiger partial charge >= 0.3 is 0 Å². The van der Waals surface area contributed by atoms with Crippen molar-refractivity contribution in [1.82, 2.24) is 10.2 Å². The molecule has 4 heteroatoms. The van der Waals surface area contributed by atoms with Crippen LogP contribution in [0.5, 0.6) is 0 Å². The largest absolute Gasteiger partial charge is 0.425 e. The van der Waals surface area contributed by atoms with Crippen molar-refractivity contribution in [3.63, 3.8) is 0 Å². The number of hydrogen-bond acceptors (Lipinski definition) is 4. The Morgan fingerprint density at radius 3 is 2.55 bits per heavy atom. The summed E-state index contributed by atoms with van der Waals surface area (Å²) in [6.07, 6.45) is 1.44. The molecule has 0 aliphatic heterocycles. The van der Waals surface area contributed by atoms with Gasteiger partial charge in [-0.25, -0.2) is 0 Å². The van der Waals surface area contributed by atoms with Crippen LogP contribution < -0.4 is 5.73 Å². The third kappa shape index (κ3) is 2.31. The number of aryl methyl sites for hydroxylation is 1. The molecule has 0 spiro atoms. The normalized spacial score (nSPS) is 13.4. The van der Waals surface area contributed by atoms with E-state index in [4.69, 9.17) is 10.2 Å². The highest BCUT2D eigenvalue weighted by molar-refractivity contribution is 4.83. The summed E-state index contributed by atoms with van der Waals surface area (Å²) >= 11 is 0. The van der Waals surface area contributed by atoms with Gasteiger partial charge in [-0.15, -0.1) is 10.2 Å². The topological polar surface area (TPSA) is 64.9 Å². The molecule has 0 aliphatic carbocycles. The fourth-order valence-electron chi connectivity index (χ4n) is 0.789. The number of rotatable bonds is 3. The van der Waals surface area contributed by atoms with Crippen LogP contribution in [0.25, 0.3) is 0 Å². The molecule has 1 aromatic rings. The van der Waals surface area contributed by atoms with Gasteiger partial charge in [0.25, 0.3) is 0 Å². The molecule has 0 radical (unpaired) electrons. The lowest BCUT2D eigenvalue weighted by atomic mass is 10.2. The zero-order chi connectivity index (χ0) is 8.27. The molecule has 0 amide bonds. The molecule has 0 saturated heterocycles. The van der Waals surface area contributed by atoms with Gasteiger partial charge in [0.15, 0.2) is 0 Å². The van der Waals surface area contributed by atoms with Gasteiger partial charge in [0, 0.05) is 18.9 Å². The molecule has 0 saturated carbocycles. The molecule has 0 bridgehead atoms. The van der Waals surface area contributed by atoms with Crippen molar-refractivity contribution < 1.29 is 4.42 Å². The van der Waals surface area contributed by atoms with Gasteiger partial charge in [0.1, 0.15) is 0 Å². The van der Waals surface area contributed by atoms with Crippen molar-refractivity contribution >= 4 is 0 Å². The van der Waals surface area contributed by atoms with Gasteiger partial charge in [-0.2, -0.15) is 0 Å². The summed E-state index contributed by atoms with van der Waals surface area (Å²) in [7, 11) is 0. The highest BCUT2D eigenvalue weighted by Crippen LogP contribution is 2.01. The standard InChI is InChI=1S/C7H13N3O/c1-3-6-9-10-7(11-6)4-5(2)8/h5H,3-4,8H2,1-2H3. The molecule has 0 aliphatic rings. The third-order valence-corrected chi connectivity index (χ3v) is 1.31. The van der Waals surface area contributed by atoms with E-state index in [-0.39, 0.29) is 6.04 Å². The van der Waals surface area contributed by atoms with Gasteiger partial charge in [-0.05, 0) is 6.92 Å². The lowest BCUT2D eigenvalue weighted by Crippen LogP contribution is -2.17. The Bertz CT molecular complexity index is 219. The highest BCUT2D eigenvalue weighted by atomic mass is 16.4. The van der Waals surface area contributed by atoms with Crippen molar-refractivity contribution in [1.29, 1.82) is 0 Å². The van der Waals surface area contributed by atoms with Crippen molar-refractivity contribution in [2.24, 2.45) is 5.73 Å². The van der Waals surface area contributed by atoms with Crippen LogP contribution in [0.2, 0.25) is 0 Å². The molecule has 1 aromatic heterocycles. The lowest BCUT2D eigenvalue weighted by molar-refractivity contribution is 0.442. The van der Waals surface area contributed by atoms with Gasteiger partial charge in [0.05, 0.1) is 0 Å². The maximum atomic E-state index is 5.55. The number of hydrogen-bond donors (Lipinski definition) is 1.